The first-order chi connectivity index (χ1) is 16.3. The van der Waals surface area contributed by atoms with Gasteiger partial charge in [0.05, 0.1) is 13.5 Å². The van der Waals surface area contributed by atoms with Gasteiger partial charge in [-0.2, -0.15) is 0 Å². The Morgan fingerprint density at radius 1 is 1.12 bits per heavy atom. The lowest BCUT2D eigenvalue weighted by Crippen LogP contribution is -2.75. The van der Waals surface area contributed by atoms with Crippen molar-refractivity contribution >= 4 is 44.9 Å². The molecule has 34 heavy (non-hydrogen) atoms. The van der Waals surface area contributed by atoms with Crippen LogP contribution in [0.3, 0.4) is 0 Å². The predicted octanol–water partition coefficient (Wildman–Crippen LogP) is 2.39. The zero-order valence-electron chi connectivity index (χ0n) is 18.5. The molecule has 0 aliphatic carbocycles. The summed E-state index contributed by atoms with van der Waals surface area (Å²) >= 11 is 1.81. The van der Waals surface area contributed by atoms with Crippen molar-refractivity contribution in [2.75, 3.05) is 7.11 Å². The zero-order valence-corrected chi connectivity index (χ0v) is 20.9. The molecule has 4 rings (SSSR count). The number of fused-ring (bicyclic) bond motifs is 1. The van der Waals surface area contributed by atoms with Crippen molar-refractivity contribution in [2.45, 2.75) is 35.5 Å². The Labute approximate surface area is 208 Å². The van der Waals surface area contributed by atoms with Crippen molar-refractivity contribution in [2.24, 2.45) is 0 Å². The van der Waals surface area contributed by atoms with Gasteiger partial charge in [0.1, 0.15) is 18.1 Å². The molecule has 1 N–H and O–H groups in total. The minimum Gasteiger partial charge on any atom is -0.614 e. The Bertz CT molecular complexity index is 1120. The van der Waals surface area contributed by atoms with Crippen molar-refractivity contribution in [3.05, 3.63) is 77.0 Å². The lowest BCUT2D eigenvalue weighted by atomic mass is 10.0. The van der Waals surface area contributed by atoms with Crippen LogP contribution in [0.5, 0.6) is 5.75 Å². The highest BCUT2D eigenvalue weighted by Gasteiger charge is 2.62. The minimum atomic E-state index is -1.57. The van der Waals surface area contributed by atoms with Crippen molar-refractivity contribution in [1.82, 2.24) is 10.2 Å². The summed E-state index contributed by atoms with van der Waals surface area (Å²) in [6.07, 6.45) is 0.0906. The number of carbonyl (C=O) groups excluding carboxylic acids is 3. The molecule has 2 aromatic rings. The van der Waals surface area contributed by atoms with E-state index in [1.807, 2.05) is 30.3 Å². The number of alkyl halides is 1. The number of carbonyl (C=O) groups is 3. The molecule has 1 saturated heterocycles. The minimum absolute atomic E-state index is 0.000410. The van der Waals surface area contributed by atoms with Crippen LogP contribution in [0.25, 0.3) is 0 Å². The largest absolute Gasteiger partial charge is 0.614 e. The lowest BCUT2D eigenvalue weighted by molar-refractivity contribution is -0.153. The molecule has 0 radical (unpaired) electrons. The second-order valence-electron chi connectivity index (χ2n) is 7.91. The number of nitrogens with zero attached hydrogens (tertiary/aromatic N) is 1. The highest BCUT2D eigenvalue weighted by molar-refractivity contribution is 9.11. The highest BCUT2D eigenvalue weighted by Crippen LogP contribution is 2.42. The number of rotatable bonds is 7. The van der Waals surface area contributed by atoms with Crippen LogP contribution in [-0.4, -0.2) is 49.9 Å². The van der Waals surface area contributed by atoms with E-state index in [9.17, 15) is 18.9 Å². The van der Waals surface area contributed by atoms with Crippen molar-refractivity contribution < 1.29 is 28.4 Å². The number of hydrogen-bond acceptors (Lipinski definition) is 6. The van der Waals surface area contributed by atoms with Gasteiger partial charge < -0.3 is 19.3 Å². The van der Waals surface area contributed by atoms with Gasteiger partial charge >= 0.3 is 5.97 Å². The van der Waals surface area contributed by atoms with Gasteiger partial charge in [-0.05, 0) is 57.3 Å². The summed E-state index contributed by atoms with van der Waals surface area (Å²) in [6.45, 7) is 1.63. The molecule has 8 nitrogen and oxygen atoms in total. The Morgan fingerprint density at radius 3 is 2.44 bits per heavy atom. The number of halogens is 1. The number of β-lactam (4-membered cyclic amide) rings is 1. The van der Waals surface area contributed by atoms with Gasteiger partial charge in [0.15, 0.2) is 10.2 Å². The van der Waals surface area contributed by atoms with Crippen LogP contribution in [0.2, 0.25) is 0 Å². The van der Waals surface area contributed by atoms with Gasteiger partial charge in [0, 0.05) is 5.57 Å². The third kappa shape index (κ3) is 4.70. The third-order valence-corrected chi connectivity index (χ3v) is 9.20. The predicted molar refractivity (Wildman–Crippen MR) is 129 cm³/mol. The second-order valence-corrected chi connectivity index (χ2v) is 11.0. The Morgan fingerprint density at radius 2 is 1.79 bits per heavy atom. The maximum Gasteiger partial charge on any atom is 0.355 e. The van der Waals surface area contributed by atoms with E-state index in [-0.39, 0.29) is 24.6 Å². The van der Waals surface area contributed by atoms with Gasteiger partial charge in [-0.25, -0.2) is 4.79 Å². The number of nitrogens with one attached hydrogen (secondary N) is 1. The molecule has 2 aromatic carbocycles. The summed E-state index contributed by atoms with van der Waals surface area (Å²) in [4.78, 5) is 39.6. The molecule has 2 heterocycles. The van der Waals surface area contributed by atoms with E-state index in [2.05, 4.69) is 21.2 Å². The average Bonchev–Trinajstić information content (AvgIpc) is 2.85. The summed E-state index contributed by atoms with van der Waals surface area (Å²) in [5.74, 6) is -0.862. The Balaban J connectivity index is 1.46. The molecule has 0 bridgehead atoms. The SMILES string of the molecule is COc1ccc(COC(=O)C2=C(C)C(Br)[S+]([O-])[C@@H]3C(NC(=O)Cc4ccccc4)C(=O)N23)cc1. The quantitative estimate of drug-likeness (QED) is 0.247. The molecule has 0 aromatic heterocycles. The summed E-state index contributed by atoms with van der Waals surface area (Å²) in [5.41, 5.74) is 2.04. The van der Waals surface area contributed by atoms with E-state index in [0.717, 1.165) is 11.1 Å². The van der Waals surface area contributed by atoms with Gasteiger partial charge in [0.2, 0.25) is 11.3 Å². The molecule has 2 amide bonds. The molecule has 10 heteroatoms. The van der Waals surface area contributed by atoms with Crippen LogP contribution < -0.4 is 10.1 Å². The van der Waals surface area contributed by atoms with Crippen molar-refractivity contribution in [1.29, 1.82) is 0 Å². The fourth-order valence-electron chi connectivity index (χ4n) is 3.87. The molecule has 3 unspecified atom stereocenters. The molecule has 1 fully saturated rings. The first kappa shape index (κ1) is 24.3. The van der Waals surface area contributed by atoms with Gasteiger partial charge in [0.25, 0.3) is 5.91 Å². The summed E-state index contributed by atoms with van der Waals surface area (Å²) < 4.78 is 22.9. The standard InChI is InChI=1S/C24H23BrN2O6S/c1-14-20(24(30)33-13-16-8-10-17(32-2)11-9-16)27-22(29)19(23(27)34(31)21(14)25)26-18(28)12-15-6-4-3-5-7-15/h3-11,19,21,23H,12-13H2,1-2H3,(H,26,28)/t19?,21?,23-,34?/m1/s1. The van der Waals surface area contributed by atoms with E-state index >= 15 is 0 Å². The van der Waals surface area contributed by atoms with Gasteiger partial charge in [-0.1, -0.05) is 42.5 Å². The lowest BCUT2D eigenvalue weighted by Gasteiger charge is -2.50. The van der Waals surface area contributed by atoms with Gasteiger partial charge in [-0.3, -0.25) is 14.5 Å². The van der Waals surface area contributed by atoms with Crippen LogP contribution in [0.4, 0.5) is 0 Å². The van der Waals surface area contributed by atoms with Crippen LogP contribution in [0, 0.1) is 0 Å². The van der Waals surface area contributed by atoms with E-state index in [4.69, 9.17) is 9.47 Å². The fourth-order valence-corrected chi connectivity index (χ4v) is 6.33. The van der Waals surface area contributed by atoms with E-state index in [0.29, 0.717) is 11.3 Å². The monoisotopic (exact) mass is 546 g/mol. The Hall–Kier alpha value is -2.82. The molecule has 2 aliphatic heterocycles. The molecule has 4 atom stereocenters. The number of methoxy groups -OCH3 is 1. The molecule has 2 aliphatic rings. The number of hydrogen-bond donors (Lipinski definition) is 1. The summed E-state index contributed by atoms with van der Waals surface area (Å²) in [5, 5.41) is 1.82. The molecule has 178 valence electrons. The van der Waals surface area contributed by atoms with E-state index in [1.165, 1.54) is 4.90 Å². The molecule has 0 saturated carbocycles. The molecule has 0 spiro atoms. The zero-order chi connectivity index (χ0) is 24.4. The second kappa shape index (κ2) is 10.2. The Kier molecular flexibility index (Phi) is 7.30. The van der Waals surface area contributed by atoms with Crippen LogP contribution >= 0.6 is 15.9 Å². The van der Waals surface area contributed by atoms with Crippen LogP contribution in [-0.2, 0) is 43.3 Å². The number of benzene rings is 2. The summed E-state index contributed by atoms with van der Waals surface area (Å²) in [6, 6.07) is 15.2. The number of amides is 2. The fraction of sp³-hybridized carbons (Fsp3) is 0.292. The van der Waals surface area contributed by atoms with Crippen molar-refractivity contribution in [3.63, 3.8) is 0 Å². The number of ether oxygens (including phenoxy) is 2. The highest BCUT2D eigenvalue weighted by atomic mass is 79.9. The van der Waals surface area contributed by atoms with E-state index < -0.39 is 38.6 Å². The molecular weight excluding hydrogens is 524 g/mol. The van der Waals surface area contributed by atoms with E-state index in [1.54, 1.807) is 38.3 Å². The van der Waals surface area contributed by atoms with Crippen molar-refractivity contribution in [3.8, 4) is 5.75 Å². The smallest absolute Gasteiger partial charge is 0.355 e. The normalized spacial score (nSPS) is 23.6. The summed E-state index contributed by atoms with van der Waals surface area (Å²) in [7, 11) is 1.56. The third-order valence-electron chi connectivity index (χ3n) is 5.69. The average molecular weight is 547 g/mol. The topological polar surface area (TPSA) is 108 Å². The van der Waals surface area contributed by atoms with Crippen LogP contribution in [0.1, 0.15) is 18.1 Å². The first-order valence-electron chi connectivity index (χ1n) is 10.5. The van der Waals surface area contributed by atoms with Gasteiger partial charge in [-0.15, -0.1) is 0 Å². The number of esters is 1. The maximum atomic E-state index is 13.0. The first-order valence-corrected chi connectivity index (χ1v) is 12.7. The molecular formula is C24H23BrN2O6S. The maximum absolute atomic E-state index is 13.0. The van der Waals surface area contributed by atoms with Crippen LogP contribution in [0.15, 0.2) is 65.9 Å².